The van der Waals surface area contributed by atoms with Crippen LogP contribution in [0.5, 0.6) is 0 Å². The predicted molar refractivity (Wildman–Crippen MR) is 59.9 cm³/mol. The molecule has 0 saturated carbocycles. The smallest absolute Gasteiger partial charge is 0.217 e. The maximum atomic E-state index is 10.7. The van der Waals surface area contributed by atoms with Crippen molar-refractivity contribution < 1.29 is 4.79 Å². The molecule has 0 radical (unpaired) electrons. The van der Waals surface area contributed by atoms with E-state index < -0.39 is 0 Å². The van der Waals surface area contributed by atoms with Gasteiger partial charge in [0.15, 0.2) is 0 Å². The van der Waals surface area contributed by atoms with Crippen molar-refractivity contribution in [1.29, 1.82) is 0 Å². The number of nitrogens with one attached hydrogen (secondary N) is 1. The molecule has 3 N–H and O–H groups in total. The molecule has 0 heterocycles. The summed E-state index contributed by atoms with van der Waals surface area (Å²) in [4.78, 5) is 10.7. The van der Waals surface area contributed by atoms with Crippen molar-refractivity contribution in [1.82, 2.24) is 5.32 Å². The minimum Gasteiger partial charge on any atom is -0.352 e. The second-order valence-corrected chi connectivity index (χ2v) is 3.12. The summed E-state index contributed by atoms with van der Waals surface area (Å²) in [5.41, 5.74) is 7.24. The van der Waals surface area contributed by atoms with Gasteiger partial charge in [-0.05, 0) is 17.7 Å². The maximum absolute atomic E-state index is 10.7. The summed E-state index contributed by atoms with van der Waals surface area (Å²) >= 11 is 0. The molecular formula is C12H14N2O. The molecule has 1 aromatic rings. The van der Waals surface area contributed by atoms with Gasteiger partial charge in [-0.3, -0.25) is 4.79 Å². The van der Waals surface area contributed by atoms with Crippen LogP contribution in [0.3, 0.4) is 0 Å². The monoisotopic (exact) mass is 202 g/mol. The number of benzene rings is 1. The van der Waals surface area contributed by atoms with Crippen LogP contribution in [0.25, 0.3) is 0 Å². The first-order valence-electron chi connectivity index (χ1n) is 4.74. The summed E-state index contributed by atoms with van der Waals surface area (Å²) in [5, 5.41) is 2.73. The summed E-state index contributed by atoms with van der Waals surface area (Å²) in [6.45, 7) is 2.39. The Labute approximate surface area is 89.7 Å². The van der Waals surface area contributed by atoms with Crippen LogP contribution in [0.1, 0.15) is 18.1 Å². The second-order valence-electron chi connectivity index (χ2n) is 3.12. The highest BCUT2D eigenvalue weighted by Crippen LogP contribution is 2.03. The van der Waals surface area contributed by atoms with Crippen LogP contribution in [-0.4, -0.2) is 12.5 Å². The molecule has 0 aromatic heterocycles. The van der Waals surface area contributed by atoms with Gasteiger partial charge in [0.05, 0.1) is 6.54 Å². The molecule has 0 aliphatic heterocycles. The lowest BCUT2D eigenvalue weighted by atomic mass is 10.1. The summed E-state index contributed by atoms with van der Waals surface area (Å²) in [6, 6.07) is 7.72. The van der Waals surface area contributed by atoms with Gasteiger partial charge in [-0.25, -0.2) is 0 Å². The molecule has 3 nitrogen and oxygen atoms in total. The molecule has 0 unspecified atom stereocenters. The molecule has 78 valence electrons. The number of hydrogen-bond donors (Lipinski definition) is 2. The Bertz CT molecular complexity index is 402. The average molecular weight is 202 g/mol. The van der Waals surface area contributed by atoms with Gasteiger partial charge in [-0.1, -0.05) is 24.0 Å². The lowest BCUT2D eigenvalue weighted by Crippen LogP contribution is -2.18. The molecule has 0 aliphatic rings. The second kappa shape index (κ2) is 5.84. The van der Waals surface area contributed by atoms with Gasteiger partial charge in [-0.15, -0.1) is 0 Å². The zero-order valence-electron chi connectivity index (χ0n) is 8.71. The van der Waals surface area contributed by atoms with Gasteiger partial charge in [-0.2, -0.15) is 0 Å². The third kappa shape index (κ3) is 4.30. The van der Waals surface area contributed by atoms with Crippen molar-refractivity contribution in [3.8, 4) is 11.8 Å². The highest BCUT2D eigenvalue weighted by Gasteiger charge is 1.95. The quantitative estimate of drug-likeness (QED) is 0.691. The molecule has 0 fully saturated rings. The van der Waals surface area contributed by atoms with Crippen molar-refractivity contribution in [2.24, 2.45) is 5.73 Å². The van der Waals surface area contributed by atoms with E-state index in [1.165, 1.54) is 6.92 Å². The Morgan fingerprint density at radius 3 is 3.00 bits per heavy atom. The maximum Gasteiger partial charge on any atom is 0.217 e. The normalized spacial score (nSPS) is 8.93. The van der Waals surface area contributed by atoms with Crippen LogP contribution >= 0.6 is 0 Å². The van der Waals surface area contributed by atoms with Crippen LogP contribution in [0.4, 0.5) is 0 Å². The van der Waals surface area contributed by atoms with E-state index in [1.54, 1.807) is 0 Å². The number of amides is 1. The Hall–Kier alpha value is -1.79. The minimum absolute atomic E-state index is 0.0338. The van der Waals surface area contributed by atoms with Crippen molar-refractivity contribution in [2.45, 2.75) is 13.5 Å². The molecule has 0 spiro atoms. The SMILES string of the molecule is CC(=O)NCc1cccc(C#CCN)c1. The molecule has 1 aromatic carbocycles. The lowest BCUT2D eigenvalue weighted by molar-refractivity contribution is -0.119. The molecule has 0 aliphatic carbocycles. The van der Waals surface area contributed by atoms with Crippen molar-refractivity contribution in [3.63, 3.8) is 0 Å². The van der Waals surface area contributed by atoms with Crippen LogP contribution in [0.15, 0.2) is 24.3 Å². The molecule has 0 bridgehead atoms. The summed E-state index contributed by atoms with van der Waals surface area (Å²) < 4.78 is 0. The van der Waals surface area contributed by atoms with Crippen molar-refractivity contribution in [2.75, 3.05) is 6.54 Å². The fourth-order valence-corrected chi connectivity index (χ4v) is 1.14. The van der Waals surface area contributed by atoms with Crippen LogP contribution in [0, 0.1) is 11.8 Å². The zero-order chi connectivity index (χ0) is 11.1. The predicted octanol–water partition coefficient (Wildman–Crippen LogP) is 0.633. The average Bonchev–Trinajstić information content (AvgIpc) is 2.24. The molecule has 0 atom stereocenters. The topological polar surface area (TPSA) is 55.1 Å². The Balaban J connectivity index is 2.69. The number of hydrogen-bond acceptors (Lipinski definition) is 2. The van der Waals surface area contributed by atoms with Crippen LogP contribution in [0.2, 0.25) is 0 Å². The molecular weight excluding hydrogens is 188 g/mol. The first-order valence-corrected chi connectivity index (χ1v) is 4.74. The van der Waals surface area contributed by atoms with Gasteiger partial charge in [0.1, 0.15) is 0 Å². The van der Waals surface area contributed by atoms with E-state index in [2.05, 4.69) is 17.2 Å². The van der Waals surface area contributed by atoms with E-state index in [-0.39, 0.29) is 5.91 Å². The van der Waals surface area contributed by atoms with Crippen molar-refractivity contribution >= 4 is 5.91 Å². The van der Waals surface area contributed by atoms with Gasteiger partial charge >= 0.3 is 0 Å². The summed E-state index contributed by atoms with van der Waals surface area (Å²) in [7, 11) is 0. The zero-order valence-corrected chi connectivity index (χ0v) is 8.71. The fraction of sp³-hybridized carbons (Fsp3) is 0.250. The molecule has 3 heteroatoms. The lowest BCUT2D eigenvalue weighted by Gasteiger charge is -2.02. The van der Waals surface area contributed by atoms with E-state index in [9.17, 15) is 4.79 Å². The summed E-state index contributed by atoms with van der Waals surface area (Å²) in [6.07, 6.45) is 0. The van der Waals surface area contributed by atoms with Crippen LogP contribution < -0.4 is 11.1 Å². The largest absolute Gasteiger partial charge is 0.352 e. The van der Waals surface area contributed by atoms with E-state index in [0.29, 0.717) is 13.1 Å². The first kappa shape index (κ1) is 11.3. The number of carbonyl (C=O) groups excluding carboxylic acids is 1. The highest BCUT2D eigenvalue weighted by atomic mass is 16.1. The number of nitrogens with two attached hydrogens (primary N) is 1. The van der Waals surface area contributed by atoms with E-state index >= 15 is 0 Å². The van der Waals surface area contributed by atoms with E-state index in [0.717, 1.165) is 11.1 Å². The third-order valence-corrected chi connectivity index (χ3v) is 1.80. The molecule has 15 heavy (non-hydrogen) atoms. The standard InChI is InChI=1S/C12H14N2O/c1-10(15)14-9-12-5-2-4-11(8-12)6-3-7-13/h2,4-5,8H,7,9,13H2,1H3,(H,14,15). The third-order valence-electron chi connectivity index (χ3n) is 1.80. The Morgan fingerprint density at radius 2 is 2.33 bits per heavy atom. The van der Waals surface area contributed by atoms with E-state index in [4.69, 9.17) is 5.73 Å². The molecule has 0 saturated heterocycles. The van der Waals surface area contributed by atoms with Crippen LogP contribution in [-0.2, 0) is 11.3 Å². The van der Waals surface area contributed by atoms with E-state index in [1.807, 2.05) is 24.3 Å². The number of carbonyl (C=O) groups is 1. The van der Waals surface area contributed by atoms with Gasteiger partial charge in [0.25, 0.3) is 0 Å². The minimum atomic E-state index is -0.0338. The molecule has 1 rings (SSSR count). The van der Waals surface area contributed by atoms with Gasteiger partial charge in [0.2, 0.25) is 5.91 Å². The van der Waals surface area contributed by atoms with Gasteiger partial charge < -0.3 is 11.1 Å². The van der Waals surface area contributed by atoms with Crippen molar-refractivity contribution in [3.05, 3.63) is 35.4 Å². The Kier molecular flexibility index (Phi) is 4.39. The fourth-order valence-electron chi connectivity index (χ4n) is 1.14. The molecule has 1 amide bonds. The number of rotatable bonds is 2. The highest BCUT2D eigenvalue weighted by molar-refractivity contribution is 5.72. The Morgan fingerprint density at radius 1 is 1.53 bits per heavy atom. The first-order chi connectivity index (χ1) is 7.22. The van der Waals surface area contributed by atoms with Gasteiger partial charge in [0, 0.05) is 19.0 Å². The summed E-state index contributed by atoms with van der Waals surface area (Å²) in [5.74, 6) is 5.70.